The van der Waals surface area contributed by atoms with Crippen LogP contribution in [0.1, 0.15) is 23.6 Å². The average Bonchev–Trinajstić information content (AvgIpc) is 2.82. The Morgan fingerprint density at radius 3 is 2.32 bits per heavy atom. The van der Waals surface area contributed by atoms with Gasteiger partial charge in [0.2, 0.25) is 5.91 Å². The van der Waals surface area contributed by atoms with Gasteiger partial charge in [0.1, 0.15) is 5.75 Å². The number of methoxy groups -OCH3 is 1. The van der Waals surface area contributed by atoms with Gasteiger partial charge in [-0.25, -0.2) is 0 Å². The Kier molecular flexibility index (Phi) is 7.60. The number of nitrogens with one attached hydrogen (secondary N) is 2. The van der Waals surface area contributed by atoms with Crippen LogP contribution in [0.25, 0.3) is 11.6 Å². The van der Waals surface area contributed by atoms with Crippen molar-refractivity contribution in [1.82, 2.24) is 5.32 Å². The van der Waals surface area contributed by atoms with Gasteiger partial charge >= 0.3 is 0 Å². The lowest BCUT2D eigenvalue weighted by Gasteiger charge is -2.12. The Morgan fingerprint density at radius 1 is 0.903 bits per heavy atom. The van der Waals surface area contributed by atoms with E-state index in [0.717, 1.165) is 28.8 Å². The average molecular weight is 415 g/mol. The lowest BCUT2D eigenvalue weighted by molar-refractivity contribution is -0.120. The maximum Gasteiger partial charge on any atom is 0.252 e. The molecule has 0 saturated heterocycles. The van der Waals surface area contributed by atoms with E-state index >= 15 is 0 Å². The van der Waals surface area contributed by atoms with Crippen molar-refractivity contribution in [2.45, 2.75) is 13.3 Å². The van der Waals surface area contributed by atoms with E-state index in [0.29, 0.717) is 11.3 Å². The summed E-state index contributed by atoms with van der Waals surface area (Å²) in [5.74, 6) is 0.0487. The van der Waals surface area contributed by atoms with E-state index in [1.165, 1.54) is 0 Å². The Morgan fingerprint density at radius 2 is 1.58 bits per heavy atom. The van der Waals surface area contributed by atoms with E-state index in [2.05, 4.69) is 10.6 Å². The summed E-state index contributed by atoms with van der Waals surface area (Å²) >= 11 is 0. The van der Waals surface area contributed by atoms with E-state index in [-0.39, 0.29) is 18.4 Å². The zero-order valence-corrected chi connectivity index (χ0v) is 17.7. The molecule has 0 atom stereocenters. The summed E-state index contributed by atoms with van der Waals surface area (Å²) in [4.78, 5) is 25.5. The minimum Gasteiger partial charge on any atom is -0.496 e. The highest BCUT2D eigenvalue weighted by Gasteiger charge is 2.15. The maximum atomic E-state index is 13.0. The normalized spacial score (nSPS) is 11.0. The molecule has 3 aromatic rings. The highest BCUT2D eigenvalue weighted by atomic mass is 16.5. The van der Waals surface area contributed by atoms with Crippen molar-refractivity contribution in [3.8, 4) is 5.75 Å². The fraction of sp³-hybridized carbons (Fsp3) is 0.154. The van der Waals surface area contributed by atoms with Crippen molar-refractivity contribution >= 4 is 29.2 Å². The number of carbonyl (C=O) groups is 2. The van der Waals surface area contributed by atoms with Crippen molar-refractivity contribution in [3.05, 3.63) is 95.6 Å². The van der Waals surface area contributed by atoms with Crippen LogP contribution in [0.15, 0.2) is 78.9 Å². The number of benzene rings is 3. The van der Waals surface area contributed by atoms with Crippen molar-refractivity contribution in [1.29, 1.82) is 0 Å². The molecule has 5 nitrogen and oxygen atoms in total. The highest BCUT2D eigenvalue weighted by Crippen LogP contribution is 2.24. The standard InChI is InChI=1S/C26H26N2O3/c1-3-19-11-7-9-15-23(19)28-25(29)18-27-26(30)22(20-12-5-4-6-13-20)17-21-14-8-10-16-24(21)31-2/h4-17H,3,18H2,1-2H3,(H,27,30)(H,28,29)/b22-17+. The molecule has 0 radical (unpaired) electrons. The molecule has 0 fully saturated rings. The molecule has 3 rings (SSSR count). The van der Waals surface area contributed by atoms with Crippen LogP contribution < -0.4 is 15.4 Å². The molecule has 0 saturated carbocycles. The first-order valence-corrected chi connectivity index (χ1v) is 10.2. The lowest BCUT2D eigenvalue weighted by atomic mass is 10.0. The molecule has 5 heteroatoms. The number of para-hydroxylation sites is 2. The molecule has 2 amide bonds. The summed E-state index contributed by atoms with van der Waals surface area (Å²) in [6.45, 7) is 1.90. The number of carbonyl (C=O) groups excluding carboxylic acids is 2. The second-order valence-corrected chi connectivity index (χ2v) is 6.91. The fourth-order valence-electron chi connectivity index (χ4n) is 3.24. The van der Waals surface area contributed by atoms with Gasteiger partial charge in [0, 0.05) is 16.8 Å². The Hall–Kier alpha value is -3.86. The zero-order chi connectivity index (χ0) is 22.1. The Bertz CT molecular complexity index is 1070. The van der Waals surface area contributed by atoms with Crippen LogP contribution in [0.3, 0.4) is 0 Å². The molecule has 0 heterocycles. The van der Waals surface area contributed by atoms with Crippen LogP contribution in [0, 0.1) is 0 Å². The second kappa shape index (κ2) is 10.8. The maximum absolute atomic E-state index is 13.0. The van der Waals surface area contributed by atoms with Crippen molar-refractivity contribution in [3.63, 3.8) is 0 Å². The van der Waals surface area contributed by atoms with Crippen LogP contribution in [0.2, 0.25) is 0 Å². The van der Waals surface area contributed by atoms with Gasteiger partial charge in [-0.1, -0.05) is 73.7 Å². The minimum absolute atomic E-state index is 0.132. The van der Waals surface area contributed by atoms with Crippen LogP contribution in [-0.2, 0) is 16.0 Å². The van der Waals surface area contributed by atoms with Crippen molar-refractivity contribution in [2.75, 3.05) is 19.0 Å². The molecule has 0 unspecified atom stereocenters. The predicted molar refractivity (Wildman–Crippen MR) is 125 cm³/mol. The third-order valence-corrected chi connectivity index (χ3v) is 4.85. The topological polar surface area (TPSA) is 67.4 Å². The first kappa shape index (κ1) is 21.8. The molecular weight excluding hydrogens is 388 g/mol. The summed E-state index contributed by atoms with van der Waals surface area (Å²) in [5, 5.41) is 5.61. The second-order valence-electron chi connectivity index (χ2n) is 6.91. The largest absolute Gasteiger partial charge is 0.496 e. The molecule has 0 spiro atoms. The molecule has 31 heavy (non-hydrogen) atoms. The number of rotatable bonds is 8. The van der Waals surface area contributed by atoms with Gasteiger partial charge in [0.15, 0.2) is 0 Å². The summed E-state index contributed by atoms with van der Waals surface area (Å²) in [7, 11) is 1.59. The highest BCUT2D eigenvalue weighted by molar-refractivity contribution is 6.24. The van der Waals surface area contributed by atoms with E-state index in [4.69, 9.17) is 4.74 Å². The smallest absolute Gasteiger partial charge is 0.252 e. The van der Waals surface area contributed by atoms with Gasteiger partial charge in [-0.2, -0.15) is 0 Å². The third kappa shape index (κ3) is 5.82. The van der Waals surface area contributed by atoms with E-state index in [1.54, 1.807) is 13.2 Å². The molecule has 0 bridgehead atoms. The van der Waals surface area contributed by atoms with Gasteiger partial charge < -0.3 is 15.4 Å². The SMILES string of the molecule is CCc1ccccc1NC(=O)CNC(=O)/C(=C/c1ccccc1OC)c1ccccc1. The van der Waals surface area contributed by atoms with Crippen molar-refractivity contribution < 1.29 is 14.3 Å². The number of aryl methyl sites for hydroxylation is 1. The summed E-state index contributed by atoms with van der Waals surface area (Å²) < 4.78 is 5.41. The third-order valence-electron chi connectivity index (χ3n) is 4.85. The molecule has 0 aromatic heterocycles. The quantitative estimate of drug-likeness (QED) is 0.420. The molecule has 3 aromatic carbocycles. The Labute approximate surface area is 182 Å². The number of hydrogen-bond acceptors (Lipinski definition) is 3. The number of hydrogen-bond donors (Lipinski definition) is 2. The summed E-state index contributed by atoms with van der Waals surface area (Å²) in [6, 6.07) is 24.5. The van der Waals surface area contributed by atoms with Crippen LogP contribution in [0.5, 0.6) is 5.75 Å². The summed E-state index contributed by atoms with van der Waals surface area (Å²) in [6.07, 6.45) is 2.58. The number of ether oxygens (including phenoxy) is 1. The molecule has 0 aliphatic rings. The van der Waals surface area contributed by atoms with Crippen LogP contribution >= 0.6 is 0 Å². The van der Waals surface area contributed by atoms with Crippen LogP contribution in [0.4, 0.5) is 5.69 Å². The van der Waals surface area contributed by atoms with E-state index in [9.17, 15) is 9.59 Å². The molecular formula is C26H26N2O3. The van der Waals surface area contributed by atoms with Gasteiger partial charge in [-0.15, -0.1) is 0 Å². The first-order valence-electron chi connectivity index (χ1n) is 10.2. The van der Waals surface area contributed by atoms with E-state index < -0.39 is 0 Å². The molecule has 0 aliphatic carbocycles. The van der Waals surface area contributed by atoms with Crippen molar-refractivity contribution in [2.24, 2.45) is 0 Å². The molecule has 158 valence electrons. The van der Waals surface area contributed by atoms with Crippen LogP contribution in [-0.4, -0.2) is 25.5 Å². The molecule has 0 aliphatic heterocycles. The Balaban J connectivity index is 1.78. The van der Waals surface area contributed by atoms with Gasteiger partial charge in [-0.3, -0.25) is 9.59 Å². The minimum atomic E-state index is -0.337. The fourth-order valence-corrected chi connectivity index (χ4v) is 3.24. The van der Waals surface area contributed by atoms with E-state index in [1.807, 2.05) is 85.8 Å². The van der Waals surface area contributed by atoms with Gasteiger partial charge in [-0.05, 0) is 35.8 Å². The predicted octanol–water partition coefficient (Wildman–Crippen LogP) is 4.55. The van der Waals surface area contributed by atoms with Gasteiger partial charge in [0.25, 0.3) is 5.91 Å². The number of amides is 2. The lowest BCUT2D eigenvalue weighted by Crippen LogP contribution is -2.33. The first-order chi connectivity index (χ1) is 15.1. The molecule has 2 N–H and O–H groups in total. The number of anilines is 1. The zero-order valence-electron chi connectivity index (χ0n) is 17.7. The summed E-state index contributed by atoms with van der Waals surface area (Å²) in [5.41, 5.74) is 3.79. The van der Waals surface area contributed by atoms with Gasteiger partial charge in [0.05, 0.1) is 13.7 Å². The monoisotopic (exact) mass is 414 g/mol.